The van der Waals surface area contributed by atoms with Crippen LogP contribution >= 0.6 is 11.8 Å². The molecule has 0 radical (unpaired) electrons. The fraction of sp³-hybridized carbons (Fsp3) is 0.500. The smallest absolute Gasteiger partial charge is 0.242 e. The van der Waals surface area contributed by atoms with Crippen LogP contribution in [0.1, 0.15) is 18.4 Å². The summed E-state index contributed by atoms with van der Waals surface area (Å²) in [5, 5.41) is 0.500. The molecule has 4 nitrogen and oxygen atoms in total. The first kappa shape index (κ1) is 14.4. The highest BCUT2D eigenvalue weighted by molar-refractivity contribution is 8.00. The minimum atomic E-state index is -1.09. The number of ether oxygens (including phenoxy) is 1. The van der Waals surface area contributed by atoms with E-state index in [1.165, 1.54) is 0 Å². The van der Waals surface area contributed by atoms with Crippen LogP contribution < -0.4 is 11.5 Å². The quantitative estimate of drug-likeness (QED) is 0.850. The van der Waals surface area contributed by atoms with Crippen LogP contribution in [0.25, 0.3) is 0 Å². The number of hydrogen-bond donors (Lipinski definition) is 2. The first-order valence-electron chi connectivity index (χ1n) is 6.46. The van der Waals surface area contributed by atoms with Crippen LogP contribution in [0.5, 0.6) is 0 Å². The van der Waals surface area contributed by atoms with Crippen LogP contribution in [0.2, 0.25) is 0 Å². The van der Waals surface area contributed by atoms with Gasteiger partial charge in [0, 0.05) is 24.2 Å². The lowest BCUT2D eigenvalue weighted by Gasteiger charge is -2.29. The normalized spacial score (nSPS) is 19.8. The number of nitrogens with two attached hydrogens (primary N) is 2. The lowest BCUT2D eigenvalue weighted by molar-refractivity contribution is -0.122. The molecule has 0 spiro atoms. The summed E-state index contributed by atoms with van der Waals surface area (Å²) in [5.41, 5.74) is 11.5. The summed E-state index contributed by atoms with van der Waals surface area (Å²) in [6.07, 6.45) is 2.02. The molecule has 2 rings (SSSR count). The number of hydrogen-bond acceptors (Lipinski definition) is 4. The molecule has 1 saturated heterocycles. The highest BCUT2D eigenvalue weighted by atomic mass is 32.2. The van der Waals surface area contributed by atoms with E-state index >= 15 is 0 Å². The Morgan fingerprint density at radius 1 is 1.32 bits per heavy atom. The molecule has 104 valence electrons. The van der Waals surface area contributed by atoms with E-state index in [-0.39, 0.29) is 0 Å². The Labute approximate surface area is 117 Å². The van der Waals surface area contributed by atoms with Gasteiger partial charge in [-0.05, 0) is 18.4 Å². The molecule has 1 amide bonds. The summed E-state index contributed by atoms with van der Waals surface area (Å²) < 4.78 is 5.33. The molecule has 1 atom stereocenters. The van der Waals surface area contributed by atoms with Gasteiger partial charge in [0.2, 0.25) is 5.91 Å². The number of thioether (sulfide) groups is 1. The van der Waals surface area contributed by atoms with Gasteiger partial charge in [0.05, 0.1) is 0 Å². The molecule has 5 heteroatoms. The lowest BCUT2D eigenvalue weighted by Crippen LogP contribution is -2.51. The fourth-order valence-electron chi connectivity index (χ4n) is 2.12. The van der Waals surface area contributed by atoms with E-state index in [2.05, 4.69) is 0 Å². The third kappa shape index (κ3) is 3.49. The van der Waals surface area contributed by atoms with Crippen molar-refractivity contribution < 1.29 is 9.53 Å². The van der Waals surface area contributed by atoms with Gasteiger partial charge in [-0.25, -0.2) is 0 Å². The number of benzene rings is 1. The van der Waals surface area contributed by atoms with Crippen LogP contribution in [-0.4, -0.2) is 30.1 Å². The highest BCUT2D eigenvalue weighted by Crippen LogP contribution is 2.29. The van der Waals surface area contributed by atoms with Gasteiger partial charge in [-0.2, -0.15) is 11.8 Å². The predicted octanol–water partition coefficient (Wildman–Crippen LogP) is 1.24. The topological polar surface area (TPSA) is 78.3 Å². The van der Waals surface area contributed by atoms with Crippen LogP contribution in [0.4, 0.5) is 0 Å². The predicted molar refractivity (Wildman–Crippen MR) is 77.8 cm³/mol. The van der Waals surface area contributed by atoms with E-state index in [1.54, 1.807) is 11.8 Å². The van der Waals surface area contributed by atoms with Crippen LogP contribution in [0.15, 0.2) is 30.3 Å². The van der Waals surface area contributed by atoms with Gasteiger partial charge in [-0.1, -0.05) is 30.3 Å². The average Bonchev–Trinajstić information content (AvgIpc) is 2.46. The molecular formula is C14H20N2O2S. The van der Waals surface area contributed by atoms with Gasteiger partial charge in [-0.15, -0.1) is 0 Å². The maximum atomic E-state index is 11.8. The van der Waals surface area contributed by atoms with Crippen molar-refractivity contribution in [3.63, 3.8) is 0 Å². The van der Waals surface area contributed by atoms with E-state index in [1.807, 2.05) is 30.3 Å². The van der Waals surface area contributed by atoms with Crippen molar-refractivity contribution in [2.75, 3.05) is 19.0 Å². The van der Waals surface area contributed by atoms with E-state index in [9.17, 15) is 4.79 Å². The van der Waals surface area contributed by atoms with Crippen LogP contribution in [0.3, 0.4) is 0 Å². The number of rotatable bonds is 5. The number of amides is 1. The Kier molecular flexibility index (Phi) is 4.85. The Bertz CT molecular complexity index is 421. The summed E-state index contributed by atoms with van der Waals surface area (Å²) in [6.45, 7) is 1.58. The summed E-state index contributed by atoms with van der Waals surface area (Å²) in [5.74, 6) is 0.0371. The zero-order valence-corrected chi connectivity index (χ0v) is 11.7. The molecule has 1 aromatic carbocycles. The van der Waals surface area contributed by atoms with Crippen molar-refractivity contribution in [2.24, 2.45) is 11.5 Å². The van der Waals surface area contributed by atoms with Crippen molar-refractivity contribution in [2.45, 2.75) is 23.6 Å². The SMILES string of the molecule is NC(=O)C(N)(CSC1CCOCC1)c1ccccc1. The third-order valence-corrected chi connectivity index (χ3v) is 5.01. The second kappa shape index (κ2) is 6.41. The summed E-state index contributed by atoms with van der Waals surface area (Å²) in [4.78, 5) is 11.8. The van der Waals surface area contributed by atoms with Crippen molar-refractivity contribution in [1.29, 1.82) is 0 Å². The van der Waals surface area contributed by atoms with Gasteiger partial charge >= 0.3 is 0 Å². The molecule has 19 heavy (non-hydrogen) atoms. The molecule has 4 N–H and O–H groups in total. The number of carbonyl (C=O) groups is 1. The zero-order valence-electron chi connectivity index (χ0n) is 10.9. The molecule has 1 unspecified atom stereocenters. The number of carbonyl (C=O) groups excluding carboxylic acids is 1. The Balaban J connectivity index is 2.05. The molecule has 1 aliphatic rings. The second-order valence-corrected chi connectivity index (χ2v) is 6.11. The lowest BCUT2D eigenvalue weighted by atomic mass is 9.92. The first-order chi connectivity index (χ1) is 9.13. The van der Waals surface area contributed by atoms with Gasteiger partial charge in [0.1, 0.15) is 5.54 Å². The van der Waals surface area contributed by atoms with Crippen molar-refractivity contribution in [3.05, 3.63) is 35.9 Å². The monoisotopic (exact) mass is 280 g/mol. The summed E-state index contributed by atoms with van der Waals surface area (Å²) >= 11 is 1.72. The standard InChI is InChI=1S/C14H20N2O2S/c15-13(17)14(16,11-4-2-1-3-5-11)10-19-12-6-8-18-9-7-12/h1-5,12H,6-10,16H2,(H2,15,17). The van der Waals surface area contributed by atoms with Gasteiger partial charge in [0.15, 0.2) is 0 Å². The molecule has 1 fully saturated rings. The average molecular weight is 280 g/mol. The van der Waals surface area contributed by atoms with Gasteiger partial charge < -0.3 is 16.2 Å². The van der Waals surface area contributed by atoms with Crippen LogP contribution in [-0.2, 0) is 15.1 Å². The molecular weight excluding hydrogens is 260 g/mol. The molecule has 0 aromatic heterocycles. The van der Waals surface area contributed by atoms with Crippen molar-refractivity contribution in [1.82, 2.24) is 0 Å². The molecule has 1 aliphatic heterocycles. The van der Waals surface area contributed by atoms with Gasteiger partial charge in [-0.3, -0.25) is 4.79 Å². The second-order valence-electron chi connectivity index (χ2n) is 4.82. The first-order valence-corrected chi connectivity index (χ1v) is 7.51. The molecule has 0 saturated carbocycles. The summed E-state index contributed by atoms with van der Waals surface area (Å²) in [7, 11) is 0. The van der Waals surface area contributed by atoms with E-state index in [4.69, 9.17) is 16.2 Å². The van der Waals surface area contributed by atoms with Crippen molar-refractivity contribution >= 4 is 17.7 Å². The Morgan fingerprint density at radius 3 is 2.53 bits per heavy atom. The third-order valence-electron chi connectivity index (χ3n) is 3.44. The largest absolute Gasteiger partial charge is 0.381 e. The van der Waals surface area contributed by atoms with E-state index in [0.717, 1.165) is 31.6 Å². The zero-order chi connectivity index (χ0) is 13.7. The maximum absolute atomic E-state index is 11.8. The molecule has 1 aromatic rings. The minimum Gasteiger partial charge on any atom is -0.381 e. The Hall–Kier alpha value is -1.04. The van der Waals surface area contributed by atoms with Crippen molar-refractivity contribution in [3.8, 4) is 0 Å². The summed E-state index contributed by atoms with van der Waals surface area (Å²) in [6, 6.07) is 9.36. The molecule has 0 aliphatic carbocycles. The molecule has 1 heterocycles. The van der Waals surface area contributed by atoms with E-state index in [0.29, 0.717) is 11.0 Å². The highest BCUT2D eigenvalue weighted by Gasteiger charge is 2.35. The van der Waals surface area contributed by atoms with Crippen LogP contribution in [0, 0.1) is 0 Å². The minimum absolute atomic E-state index is 0.474. The maximum Gasteiger partial charge on any atom is 0.242 e. The van der Waals surface area contributed by atoms with Gasteiger partial charge in [0.25, 0.3) is 0 Å². The molecule has 0 bridgehead atoms. The fourth-order valence-corrected chi connectivity index (χ4v) is 3.46. The number of primary amides is 1. The Morgan fingerprint density at radius 2 is 1.95 bits per heavy atom. The van der Waals surface area contributed by atoms with E-state index < -0.39 is 11.4 Å².